The van der Waals surface area contributed by atoms with Crippen LogP contribution < -0.4 is 15.5 Å². The number of carbonyl (C=O) groups is 3. The molecule has 1 aliphatic heterocycles. The lowest BCUT2D eigenvalue weighted by atomic mass is 10.1. The largest absolute Gasteiger partial charge is 0.344 e. The van der Waals surface area contributed by atoms with Crippen molar-refractivity contribution in [2.45, 2.75) is 19.4 Å². The molecular formula is C19H20N4O3. The summed E-state index contributed by atoms with van der Waals surface area (Å²) in [4.78, 5) is 42.4. The van der Waals surface area contributed by atoms with Gasteiger partial charge in [0.2, 0.25) is 17.7 Å². The summed E-state index contributed by atoms with van der Waals surface area (Å²) in [5.41, 5.74) is 1.33. The van der Waals surface area contributed by atoms with Gasteiger partial charge in [-0.2, -0.15) is 0 Å². The molecule has 2 aromatic rings. The number of hydrogen-bond donors (Lipinski definition) is 2. The van der Waals surface area contributed by atoms with Gasteiger partial charge in [-0.1, -0.05) is 18.2 Å². The van der Waals surface area contributed by atoms with Gasteiger partial charge in [-0.15, -0.1) is 0 Å². The number of benzene rings is 1. The van der Waals surface area contributed by atoms with Crippen molar-refractivity contribution in [1.29, 1.82) is 0 Å². The Morgan fingerprint density at radius 2 is 1.96 bits per heavy atom. The first-order chi connectivity index (χ1) is 12.5. The number of rotatable bonds is 5. The van der Waals surface area contributed by atoms with E-state index < -0.39 is 12.0 Å². The summed E-state index contributed by atoms with van der Waals surface area (Å²) in [6.45, 7) is 1.92. The summed E-state index contributed by atoms with van der Waals surface area (Å²) in [7, 11) is 0. The molecule has 0 spiro atoms. The van der Waals surface area contributed by atoms with Crippen LogP contribution in [0.3, 0.4) is 0 Å². The van der Waals surface area contributed by atoms with Crippen LogP contribution in [0.15, 0.2) is 54.9 Å². The molecule has 1 aliphatic rings. The third kappa shape index (κ3) is 4.05. The first kappa shape index (κ1) is 17.6. The van der Waals surface area contributed by atoms with Crippen LogP contribution in [0.4, 0.5) is 11.4 Å². The number of anilines is 2. The van der Waals surface area contributed by atoms with Gasteiger partial charge >= 0.3 is 0 Å². The Morgan fingerprint density at radius 3 is 2.65 bits per heavy atom. The highest BCUT2D eigenvalue weighted by molar-refractivity contribution is 6.02. The minimum Gasteiger partial charge on any atom is -0.344 e. The molecule has 0 radical (unpaired) electrons. The van der Waals surface area contributed by atoms with Gasteiger partial charge in [0, 0.05) is 24.8 Å². The molecule has 1 saturated heterocycles. The van der Waals surface area contributed by atoms with Crippen LogP contribution in [0.1, 0.15) is 13.3 Å². The van der Waals surface area contributed by atoms with Crippen LogP contribution in [-0.4, -0.2) is 35.3 Å². The second kappa shape index (κ2) is 7.77. The van der Waals surface area contributed by atoms with Gasteiger partial charge in [0.15, 0.2) is 0 Å². The Kier molecular flexibility index (Phi) is 5.26. The predicted octanol–water partition coefficient (Wildman–Crippen LogP) is 1.58. The van der Waals surface area contributed by atoms with Gasteiger partial charge in [0.05, 0.1) is 17.8 Å². The van der Waals surface area contributed by atoms with Gasteiger partial charge in [0.1, 0.15) is 6.04 Å². The quantitative estimate of drug-likeness (QED) is 0.855. The lowest BCUT2D eigenvalue weighted by Crippen LogP contribution is -2.44. The molecule has 26 heavy (non-hydrogen) atoms. The van der Waals surface area contributed by atoms with Crippen LogP contribution in [0, 0.1) is 5.92 Å². The Bertz CT molecular complexity index is 795. The van der Waals surface area contributed by atoms with Gasteiger partial charge in [-0.25, -0.2) is 0 Å². The van der Waals surface area contributed by atoms with Crippen molar-refractivity contribution in [3.05, 3.63) is 54.9 Å². The number of hydrogen-bond acceptors (Lipinski definition) is 4. The van der Waals surface area contributed by atoms with Crippen LogP contribution >= 0.6 is 0 Å². The number of carbonyl (C=O) groups excluding carboxylic acids is 3. The maximum absolute atomic E-state index is 12.5. The lowest BCUT2D eigenvalue weighted by molar-refractivity contribution is -0.129. The highest BCUT2D eigenvalue weighted by atomic mass is 16.2. The van der Waals surface area contributed by atoms with Crippen molar-refractivity contribution in [3.8, 4) is 0 Å². The molecule has 2 N–H and O–H groups in total. The number of para-hydroxylation sites is 1. The third-order valence-corrected chi connectivity index (χ3v) is 4.24. The van der Waals surface area contributed by atoms with E-state index in [-0.39, 0.29) is 24.1 Å². The van der Waals surface area contributed by atoms with E-state index in [0.717, 1.165) is 5.69 Å². The fraction of sp³-hybridized carbons (Fsp3) is 0.263. The molecule has 3 amide bonds. The zero-order valence-electron chi connectivity index (χ0n) is 14.4. The van der Waals surface area contributed by atoms with E-state index in [1.807, 2.05) is 30.3 Å². The van der Waals surface area contributed by atoms with Gasteiger partial charge in [-0.3, -0.25) is 19.4 Å². The molecule has 7 nitrogen and oxygen atoms in total. The van der Waals surface area contributed by atoms with Crippen LogP contribution in [0.2, 0.25) is 0 Å². The number of aromatic nitrogens is 1. The van der Waals surface area contributed by atoms with Crippen molar-refractivity contribution < 1.29 is 14.4 Å². The number of nitrogens with zero attached hydrogens (tertiary/aromatic N) is 2. The maximum atomic E-state index is 12.5. The molecule has 134 valence electrons. The molecule has 7 heteroatoms. The Labute approximate surface area is 151 Å². The Morgan fingerprint density at radius 1 is 1.19 bits per heavy atom. The average molecular weight is 352 g/mol. The maximum Gasteiger partial charge on any atom is 0.246 e. The molecule has 1 aromatic carbocycles. The molecule has 2 atom stereocenters. The van der Waals surface area contributed by atoms with Crippen molar-refractivity contribution >= 4 is 29.1 Å². The first-order valence-corrected chi connectivity index (χ1v) is 8.41. The monoisotopic (exact) mass is 352 g/mol. The zero-order chi connectivity index (χ0) is 18.5. The summed E-state index contributed by atoms with van der Waals surface area (Å²) >= 11 is 0. The standard InChI is InChI=1S/C19H20N4O3/c1-13(18(25)22-15-6-5-9-20-11-15)21-19(26)14-10-17(24)23(12-14)16-7-3-2-4-8-16/h2-9,11,13-14H,10,12H2,1H3,(H,21,26)(H,22,25). The Hall–Kier alpha value is -3.22. The highest BCUT2D eigenvalue weighted by Gasteiger charge is 2.35. The average Bonchev–Trinajstić information content (AvgIpc) is 3.05. The third-order valence-electron chi connectivity index (χ3n) is 4.24. The first-order valence-electron chi connectivity index (χ1n) is 8.41. The smallest absolute Gasteiger partial charge is 0.246 e. The van der Waals surface area contributed by atoms with Crippen molar-refractivity contribution in [1.82, 2.24) is 10.3 Å². The Balaban J connectivity index is 1.56. The van der Waals surface area contributed by atoms with Gasteiger partial charge in [0.25, 0.3) is 0 Å². The molecule has 0 saturated carbocycles. The minimum atomic E-state index is -0.719. The van der Waals surface area contributed by atoms with Crippen LogP contribution in [0.5, 0.6) is 0 Å². The van der Waals surface area contributed by atoms with E-state index in [1.165, 1.54) is 6.20 Å². The molecular weight excluding hydrogens is 332 g/mol. The molecule has 1 fully saturated rings. The van der Waals surface area contributed by atoms with E-state index in [4.69, 9.17) is 0 Å². The molecule has 2 heterocycles. The zero-order valence-corrected chi connectivity index (χ0v) is 14.4. The van der Waals surface area contributed by atoms with Crippen molar-refractivity contribution in [2.75, 3.05) is 16.8 Å². The topological polar surface area (TPSA) is 91.4 Å². The summed E-state index contributed by atoms with van der Waals surface area (Å²) in [5.74, 6) is -1.21. The molecule has 1 aromatic heterocycles. The summed E-state index contributed by atoms with van der Waals surface area (Å²) in [5, 5.41) is 5.37. The second-order valence-corrected chi connectivity index (χ2v) is 6.20. The van der Waals surface area contributed by atoms with Crippen LogP contribution in [-0.2, 0) is 14.4 Å². The van der Waals surface area contributed by atoms with E-state index >= 15 is 0 Å². The second-order valence-electron chi connectivity index (χ2n) is 6.20. The van der Waals surface area contributed by atoms with E-state index in [0.29, 0.717) is 12.2 Å². The SMILES string of the molecule is CC(NC(=O)C1CC(=O)N(c2ccccc2)C1)C(=O)Nc1cccnc1. The van der Waals surface area contributed by atoms with Gasteiger partial charge < -0.3 is 15.5 Å². The summed E-state index contributed by atoms with van der Waals surface area (Å²) < 4.78 is 0. The van der Waals surface area contributed by atoms with Crippen LogP contribution in [0.25, 0.3) is 0 Å². The minimum absolute atomic E-state index is 0.0937. The number of pyridine rings is 1. The van der Waals surface area contributed by atoms with E-state index in [9.17, 15) is 14.4 Å². The normalized spacial score (nSPS) is 17.7. The summed E-state index contributed by atoms with van der Waals surface area (Å²) in [6.07, 6.45) is 3.27. The number of amides is 3. The molecule has 0 bridgehead atoms. The number of nitrogens with one attached hydrogen (secondary N) is 2. The fourth-order valence-electron chi connectivity index (χ4n) is 2.82. The summed E-state index contributed by atoms with van der Waals surface area (Å²) in [6, 6.07) is 11.9. The highest BCUT2D eigenvalue weighted by Crippen LogP contribution is 2.24. The van der Waals surface area contributed by atoms with E-state index in [1.54, 1.807) is 30.2 Å². The van der Waals surface area contributed by atoms with Crippen molar-refractivity contribution in [2.24, 2.45) is 5.92 Å². The lowest BCUT2D eigenvalue weighted by Gasteiger charge is -2.18. The molecule has 3 rings (SSSR count). The molecule has 0 aliphatic carbocycles. The fourth-order valence-corrected chi connectivity index (χ4v) is 2.82. The van der Waals surface area contributed by atoms with Crippen molar-refractivity contribution in [3.63, 3.8) is 0 Å². The predicted molar refractivity (Wildman–Crippen MR) is 97.4 cm³/mol. The molecule has 2 unspecified atom stereocenters. The van der Waals surface area contributed by atoms with Gasteiger partial charge in [-0.05, 0) is 31.2 Å². The van der Waals surface area contributed by atoms with E-state index in [2.05, 4.69) is 15.6 Å².